The highest BCUT2D eigenvalue weighted by Crippen LogP contribution is 2.32. The van der Waals surface area contributed by atoms with Crippen LogP contribution >= 0.6 is 0 Å². The molecule has 0 aromatic heterocycles. The van der Waals surface area contributed by atoms with E-state index in [0.717, 1.165) is 53.1 Å². The number of para-hydroxylation sites is 1. The van der Waals surface area contributed by atoms with Gasteiger partial charge >= 0.3 is 0 Å². The third-order valence-electron chi connectivity index (χ3n) is 9.09. The van der Waals surface area contributed by atoms with Crippen molar-refractivity contribution in [3.05, 3.63) is 120 Å². The third kappa shape index (κ3) is 8.80. The van der Waals surface area contributed by atoms with E-state index in [1.54, 1.807) is 35.2 Å². The number of nitrogens with zero attached hydrogens (tertiary/aromatic N) is 2. The number of sulfonamides is 1. The van der Waals surface area contributed by atoms with Crippen molar-refractivity contribution in [1.82, 2.24) is 10.2 Å². The summed E-state index contributed by atoms with van der Waals surface area (Å²) in [6.07, 6.45) is 5.27. The van der Waals surface area contributed by atoms with Crippen molar-refractivity contribution >= 4 is 27.5 Å². The molecule has 0 radical (unpaired) electrons. The van der Waals surface area contributed by atoms with Crippen molar-refractivity contribution in [2.75, 3.05) is 25.1 Å². The van der Waals surface area contributed by atoms with Gasteiger partial charge in [0.1, 0.15) is 12.6 Å². The van der Waals surface area contributed by atoms with E-state index in [-0.39, 0.29) is 35.6 Å². The fraction of sp³-hybridized carbons (Fsp3) is 0.333. The number of benzene rings is 4. The predicted octanol–water partition coefficient (Wildman–Crippen LogP) is 6.30. The molecule has 5 rings (SSSR count). The fourth-order valence-electron chi connectivity index (χ4n) is 6.30. The first-order valence-corrected chi connectivity index (χ1v) is 18.1. The number of ether oxygens (including phenoxy) is 2. The monoisotopic (exact) mass is 683 g/mol. The van der Waals surface area contributed by atoms with Crippen LogP contribution in [0.15, 0.2) is 108 Å². The molecule has 258 valence electrons. The van der Waals surface area contributed by atoms with Gasteiger partial charge in [-0.05, 0) is 60.7 Å². The predicted molar refractivity (Wildman–Crippen MR) is 191 cm³/mol. The zero-order valence-electron chi connectivity index (χ0n) is 28.4. The molecule has 4 aromatic carbocycles. The first kappa shape index (κ1) is 35.5. The van der Waals surface area contributed by atoms with Gasteiger partial charge in [0.05, 0.1) is 24.8 Å². The summed E-state index contributed by atoms with van der Waals surface area (Å²) in [5.74, 6) is -0.130. The molecular formula is C39H45N3O6S. The molecule has 0 aliphatic heterocycles. The summed E-state index contributed by atoms with van der Waals surface area (Å²) in [5, 5.41) is 3.25. The number of amides is 2. The van der Waals surface area contributed by atoms with Gasteiger partial charge in [-0.2, -0.15) is 0 Å². The van der Waals surface area contributed by atoms with E-state index in [2.05, 4.69) is 5.32 Å². The van der Waals surface area contributed by atoms with E-state index >= 15 is 0 Å². The Kier molecular flexibility index (Phi) is 12.0. The first-order chi connectivity index (χ1) is 23.7. The summed E-state index contributed by atoms with van der Waals surface area (Å²) in [6.45, 7) is 1.55. The molecule has 2 amide bonds. The summed E-state index contributed by atoms with van der Waals surface area (Å²) in [4.78, 5) is 30.5. The molecular weight excluding hydrogens is 639 g/mol. The van der Waals surface area contributed by atoms with Crippen LogP contribution in [-0.2, 0) is 32.6 Å². The highest BCUT2D eigenvalue weighted by atomic mass is 32.2. The van der Waals surface area contributed by atoms with Crippen molar-refractivity contribution < 1.29 is 27.5 Å². The number of hydrogen-bond donors (Lipinski definition) is 1. The smallest absolute Gasteiger partial charge is 0.264 e. The number of hydrogen-bond acceptors (Lipinski definition) is 6. The van der Waals surface area contributed by atoms with E-state index in [0.29, 0.717) is 11.4 Å². The Morgan fingerprint density at radius 3 is 2.10 bits per heavy atom. The van der Waals surface area contributed by atoms with Crippen LogP contribution in [0.1, 0.15) is 48.8 Å². The van der Waals surface area contributed by atoms with Crippen LogP contribution in [0.2, 0.25) is 0 Å². The molecule has 1 saturated carbocycles. The Hall–Kier alpha value is -4.83. The molecule has 9 nitrogen and oxygen atoms in total. The van der Waals surface area contributed by atoms with Crippen LogP contribution in [0, 0.1) is 6.92 Å². The van der Waals surface area contributed by atoms with Crippen molar-refractivity contribution in [1.29, 1.82) is 0 Å². The number of anilines is 1. The van der Waals surface area contributed by atoms with E-state index in [9.17, 15) is 18.0 Å². The number of carbonyl (C=O) groups excluding carboxylic acids is 2. The lowest BCUT2D eigenvalue weighted by Gasteiger charge is -2.35. The summed E-state index contributed by atoms with van der Waals surface area (Å²) >= 11 is 0. The minimum absolute atomic E-state index is 0.0289. The third-order valence-corrected chi connectivity index (χ3v) is 10.9. The van der Waals surface area contributed by atoms with E-state index in [1.165, 1.54) is 32.4 Å². The normalized spacial score (nSPS) is 14.0. The quantitative estimate of drug-likeness (QED) is 0.167. The molecule has 1 aliphatic carbocycles. The van der Waals surface area contributed by atoms with Gasteiger partial charge < -0.3 is 19.7 Å². The van der Waals surface area contributed by atoms with Crippen LogP contribution in [0.3, 0.4) is 0 Å². The molecule has 0 spiro atoms. The zero-order valence-corrected chi connectivity index (χ0v) is 29.2. The lowest BCUT2D eigenvalue weighted by Crippen LogP contribution is -2.55. The van der Waals surface area contributed by atoms with Gasteiger partial charge in [-0.1, -0.05) is 92.1 Å². The molecule has 0 heterocycles. The maximum Gasteiger partial charge on any atom is 0.264 e. The average molecular weight is 684 g/mol. The van der Waals surface area contributed by atoms with Crippen molar-refractivity contribution in [2.45, 2.75) is 69.0 Å². The van der Waals surface area contributed by atoms with E-state index in [1.807, 2.05) is 61.5 Å². The molecule has 1 N–H and O–H groups in total. The Bertz CT molecular complexity index is 1810. The summed E-state index contributed by atoms with van der Waals surface area (Å²) in [6, 6.07) is 29.3. The molecule has 1 aliphatic rings. The second kappa shape index (κ2) is 16.5. The van der Waals surface area contributed by atoms with Crippen LogP contribution < -0.4 is 19.1 Å². The molecule has 0 unspecified atom stereocenters. The number of carbonyl (C=O) groups is 2. The molecule has 1 fully saturated rings. The van der Waals surface area contributed by atoms with E-state index in [4.69, 9.17) is 9.47 Å². The standard InChI is InChI=1S/C39H45N3O6S/c1-29-15-13-14-18-31(29)27-41(35(25-30-16-7-4-8-17-30)39(44)40-32-19-9-5-10-20-32)38(43)28-42(33-21-11-6-12-22-33)49(45,46)34-23-24-36(47-2)37(26-34)48-3/h4,6-8,11-18,21-24,26,32,35H,5,9-10,19-20,25,27-28H2,1-3H3,(H,40,44)/t35-/m0/s1. The van der Waals surface area contributed by atoms with Gasteiger partial charge in [0.25, 0.3) is 10.0 Å². The van der Waals surface area contributed by atoms with Gasteiger partial charge in [-0.15, -0.1) is 0 Å². The van der Waals surface area contributed by atoms with Crippen molar-refractivity contribution in [3.63, 3.8) is 0 Å². The number of aryl methyl sites for hydroxylation is 1. The molecule has 49 heavy (non-hydrogen) atoms. The Labute approximate surface area is 289 Å². The topological polar surface area (TPSA) is 105 Å². The minimum atomic E-state index is -4.30. The summed E-state index contributed by atoms with van der Waals surface area (Å²) < 4.78 is 40.6. The van der Waals surface area contributed by atoms with Crippen molar-refractivity contribution in [2.24, 2.45) is 0 Å². The van der Waals surface area contributed by atoms with E-state index < -0.39 is 28.5 Å². The number of nitrogens with one attached hydrogen (secondary N) is 1. The molecule has 10 heteroatoms. The SMILES string of the molecule is COc1ccc(S(=O)(=O)N(CC(=O)N(Cc2ccccc2C)[C@@H](Cc2ccccc2)C(=O)NC2CCCCC2)c2ccccc2)cc1OC. The summed E-state index contributed by atoms with van der Waals surface area (Å²) in [5.41, 5.74) is 3.04. The van der Waals surface area contributed by atoms with Gasteiger partial charge in [0.2, 0.25) is 11.8 Å². The highest BCUT2D eigenvalue weighted by molar-refractivity contribution is 7.92. The Morgan fingerprint density at radius 2 is 1.45 bits per heavy atom. The van der Waals surface area contributed by atoms with Crippen LogP contribution in [0.5, 0.6) is 11.5 Å². The molecule has 1 atom stereocenters. The number of rotatable bonds is 14. The zero-order chi connectivity index (χ0) is 34.8. The first-order valence-electron chi connectivity index (χ1n) is 16.7. The van der Waals surface area contributed by atoms with Crippen LogP contribution in [0.25, 0.3) is 0 Å². The minimum Gasteiger partial charge on any atom is -0.493 e. The summed E-state index contributed by atoms with van der Waals surface area (Å²) in [7, 11) is -1.39. The Balaban J connectivity index is 1.57. The maximum absolute atomic E-state index is 14.8. The van der Waals surface area contributed by atoms with Gasteiger partial charge in [-0.25, -0.2) is 8.42 Å². The lowest BCUT2D eigenvalue weighted by molar-refractivity contribution is -0.140. The van der Waals surface area contributed by atoms with Gasteiger partial charge in [-0.3, -0.25) is 13.9 Å². The van der Waals surface area contributed by atoms with Crippen molar-refractivity contribution in [3.8, 4) is 11.5 Å². The number of methoxy groups -OCH3 is 2. The van der Waals surface area contributed by atoms with Gasteiger partial charge in [0.15, 0.2) is 11.5 Å². The van der Waals surface area contributed by atoms with Gasteiger partial charge in [0, 0.05) is 25.1 Å². The fourth-order valence-corrected chi connectivity index (χ4v) is 7.73. The Morgan fingerprint density at radius 1 is 0.816 bits per heavy atom. The molecule has 0 saturated heterocycles. The lowest BCUT2D eigenvalue weighted by atomic mass is 9.94. The largest absolute Gasteiger partial charge is 0.493 e. The average Bonchev–Trinajstić information content (AvgIpc) is 3.13. The van der Waals surface area contributed by atoms with Crippen LogP contribution in [-0.4, -0.2) is 58.0 Å². The maximum atomic E-state index is 14.8. The highest BCUT2D eigenvalue weighted by Gasteiger charge is 2.36. The second-order valence-electron chi connectivity index (χ2n) is 12.4. The molecule has 4 aromatic rings. The van der Waals surface area contributed by atoms with Crippen LogP contribution in [0.4, 0.5) is 5.69 Å². The molecule has 0 bridgehead atoms. The second-order valence-corrected chi connectivity index (χ2v) is 14.2.